The third-order valence-electron chi connectivity index (χ3n) is 3.40. The van der Waals surface area contributed by atoms with Gasteiger partial charge in [-0.15, -0.1) is 0 Å². The smallest absolute Gasteiger partial charge is 0.407 e. The fourth-order valence-electron chi connectivity index (χ4n) is 2.42. The van der Waals surface area contributed by atoms with E-state index in [-0.39, 0.29) is 12.0 Å². The van der Waals surface area contributed by atoms with Crippen LogP contribution in [-0.4, -0.2) is 39.9 Å². The van der Waals surface area contributed by atoms with Crippen LogP contribution in [-0.2, 0) is 6.42 Å². The van der Waals surface area contributed by atoms with Crippen molar-refractivity contribution < 1.29 is 15.0 Å². The van der Waals surface area contributed by atoms with Gasteiger partial charge in [0.05, 0.1) is 12.1 Å². The summed E-state index contributed by atoms with van der Waals surface area (Å²) in [5, 5.41) is 19.1. The van der Waals surface area contributed by atoms with Crippen molar-refractivity contribution in [2.45, 2.75) is 25.5 Å². The molecule has 4 nitrogen and oxygen atoms in total. The lowest BCUT2D eigenvalue weighted by atomic mass is 9.98. The number of hydrogen-bond acceptors (Lipinski definition) is 2. The number of carboxylic acid groups (broad SMARTS) is 1. The van der Waals surface area contributed by atoms with Gasteiger partial charge in [-0.2, -0.15) is 0 Å². The van der Waals surface area contributed by atoms with Crippen LogP contribution in [0.1, 0.15) is 12.5 Å². The number of hydrogen-bond donors (Lipinski definition) is 2. The highest BCUT2D eigenvalue weighted by Crippen LogP contribution is 2.26. The molecule has 1 aliphatic rings. The van der Waals surface area contributed by atoms with Crippen LogP contribution < -0.4 is 0 Å². The molecule has 92 valence electrons. The van der Waals surface area contributed by atoms with Crippen LogP contribution in [0.25, 0.3) is 0 Å². The van der Waals surface area contributed by atoms with E-state index in [9.17, 15) is 9.90 Å². The van der Waals surface area contributed by atoms with Crippen LogP contribution in [0.3, 0.4) is 0 Å². The van der Waals surface area contributed by atoms with Crippen molar-refractivity contribution in [3.05, 3.63) is 35.9 Å². The molecular formula is C13H17NO3. The van der Waals surface area contributed by atoms with E-state index in [0.29, 0.717) is 13.0 Å². The molecule has 1 fully saturated rings. The molecule has 1 amide bonds. The molecule has 4 heteroatoms. The molecule has 0 aliphatic carbocycles. The Morgan fingerprint density at radius 2 is 2.06 bits per heavy atom. The summed E-state index contributed by atoms with van der Waals surface area (Å²) >= 11 is 0. The van der Waals surface area contributed by atoms with Crippen LogP contribution in [0.5, 0.6) is 0 Å². The van der Waals surface area contributed by atoms with Crippen LogP contribution in [0, 0.1) is 5.92 Å². The van der Waals surface area contributed by atoms with Gasteiger partial charge in [0, 0.05) is 12.5 Å². The molecule has 0 bridgehead atoms. The van der Waals surface area contributed by atoms with Gasteiger partial charge >= 0.3 is 6.09 Å². The number of likely N-dealkylation sites (tertiary alicyclic amines) is 1. The van der Waals surface area contributed by atoms with Crippen molar-refractivity contribution in [1.82, 2.24) is 4.90 Å². The van der Waals surface area contributed by atoms with Crippen molar-refractivity contribution in [1.29, 1.82) is 0 Å². The van der Waals surface area contributed by atoms with E-state index in [1.54, 1.807) is 0 Å². The molecule has 1 saturated heterocycles. The van der Waals surface area contributed by atoms with Gasteiger partial charge in [-0.25, -0.2) is 4.79 Å². The van der Waals surface area contributed by atoms with Crippen LogP contribution >= 0.6 is 0 Å². The third kappa shape index (κ3) is 2.42. The Bertz CT molecular complexity index is 393. The largest absolute Gasteiger partial charge is 0.465 e. The molecule has 1 aliphatic heterocycles. The maximum absolute atomic E-state index is 11.1. The van der Waals surface area contributed by atoms with Crippen molar-refractivity contribution in [3.63, 3.8) is 0 Å². The zero-order chi connectivity index (χ0) is 12.4. The molecule has 0 spiro atoms. The first-order valence-electron chi connectivity index (χ1n) is 5.81. The number of nitrogens with zero attached hydrogens (tertiary/aromatic N) is 1. The second-order valence-electron chi connectivity index (χ2n) is 4.66. The van der Waals surface area contributed by atoms with E-state index in [4.69, 9.17) is 5.11 Å². The zero-order valence-electron chi connectivity index (χ0n) is 9.78. The number of benzene rings is 1. The summed E-state index contributed by atoms with van der Waals surface area (Å²) in [6.45, 7) is 2.29. The van der Waals surface area contributed by atoms with Crippen molar-refractivity contribution in [2.24, 2.45) is 5.92 Å². The van der Waals surface area contributed by atoms with Crippen LogP contribution in [0.15, 0.2) is 30.3 Å². The highest BCUT2D eigenvalue weighted by atomic mass is 16.4. The van der Waals surface area contributed by atoms with Gasteiger partial charge in [-0.05, 0) is 12.0 Å². The maximum Gasteiger partial charge on any atom is 0.407 e. The average Bonchev–Trinajstić information content (AvgIpc) is 2.59. The van der Waals surface area contributed by atoms with Crippen LogP contribution in [0.4, 0.5) is 4.79 Å². The van der Waals surface area contributed by atoms with Gasteiger partial charge in [0.1, 0.15) is 0 Å². The summed E-state index contributed by atoms with van der Waals surface area (Å²) in [5.41, 5.74) is 1.05. The van der Waals surface area contributed by atoms with Gasteiger partial charge in [0.15, 0.2) is 0 Å². The Balaban J connectivity index is 2.15. The summed E-state index contributed by atoms with van der Waals surface area (Å²) in [6.07, 6.45) is -0.959. The van der Waals surface area contributed by atoms with Crippen LogP contribution in [0.2, 0.25) is 0 Å². The number of carbonyl (C=O) groups is 1. The van der Waals surface area contributed by atoms with Gasteiger partial charge in [0.2, 0.25) is 0 Å². The molecule has 1 unspecified atom stereocenters. The first kappa shape index (κ1) is 11.9. The minimum Gasteiger partial charge on any atom is -0.465 e. The number of rotatable bonds is 2. The highest BCUT2D eigenvalue weighted by molar-refractivity contribution is 5.66. The number of aliphatic hydroxyl groups excluding tert-OH is 1. The SMILES string of the molecule is C[C@H]1CN(C(=O)O)C(Cc2ccccc2)[C@@H]1O. The number of aliphatic hydroxyl groups is 1. The Labute approximate surface area is 100 Å². The minimum absolute atomic E-state index is 0.000174. The number of amides is 1. The maximum atomic E-state index is 11.1. The van der Waals surface area contributed by atoms with Gasteiger partial charge in [0.25, 0.3) is 0 Å². The zero-order valence-corrected chi connectivity index (χ0v) is 9.78. The highest BCUT2D eigenvalue weighted by Gasteiger charge is 2.40. The fourth-order valence-corrected chi connectivity index (χ4v) is 2.42. The normalized spacial score (nSPS) is 28.4. The first-order chi connectivity index (χ1) is 8.09. The van der Waals surface area contributed by atoms with Gasteiger partial charge < -0.3 is 15.1 Å². The standard InChI is InChI=1S/C13H17NO3/c1-9-8-14(13(16)17)11(12(9)15)7-10-5-3-2-4-6-10/h2-6,9,11-12,15H,7-8H2,1H3,(H,16,17)/t9-,11?,12+/m0/s1. The Hall–Kier alpha value is -1.55. The Morgan fingerprint density at radius 1 is 1.41 bits per heavy atom. The van der Waals surface area contributed by atoms with Crippen molar-refractivity contribution >= 4 is 6.09 Å². The lowest BCUT2D eigenvalue weighted by molar-refractivity contribution is 0.0905. The second kappa shape index (κ2) is 4.75. The Kier molecular flexibility index (Phi) is 3.33. The topological polar surface area (TPSA) is 60.8 Å². The summed E-state index contributed by atoms with van der Waals surface area (Å²) in [4.78, 5) is 12.5. The monoisotopic (exact) mass is 235 g/mol. The molecular weight excluding hydrogens is 218 g/mol. The molecule has 2 N–H and O–H groups in total. The fraction of sp³-hybridized carbons (Fsp3) is 0.462. The molecule has 0 radical (unpaired) electrons. The molecule has 0 aromatic heterocycles. The second-order valence-corrected chi connectivity index (χ2v) is 4.66. The summed E-state index contributed by atoms with van der Waals surface area (Å²) < 4.78 is 0. The quantitative estimate of drug-likeness (QED) is 0.818. The van der Waals surface area contributed by atoms with E-state index in [1.807, 2.05) is 37.3 Å². The molecule has 1 heterocycles. The molecule has 3 atom stereocenters. The first-order valence-corrected chi connectivity index (χ1v) is 5.81. The third-order valence-corrected chi connectivity index (χ3v) is 3.40. The Morgan fingerprint density at radius 3 is 2.65 bits per heavy atom. The van der Waals surface area contributed by atoms with E-state index in [1.165, 1.54) is 4.90 Å². The van der Waals surface area contributed by atoms with Crippen molar-refractivity contribution in [2.75, 3.05) is 6.54 Å². The van der Waals surface area contributed by atoms with Gasteiger partial charge in [-0.1, -0.05) is 37.3 Å². The lowest BCUT2D eigenvalue weighted by Gasteiger charge is -2.23. The average molecular weight is 235 g/mol. The summed E-state index contributed by atoms with van der Waals surface area (Å²) in [5.74, 6) is -0.000174. The predicted molar refractivity (Wildman–Crippen MR) is 63.8 cm³/mol. The molecule has 0 saturated carbocycles. The summed E-state index contributed by atoms with van der Waals surface area (Å²) in [7, 11) is 0. The van der Waals surface area contributed by atoms with E-state index in [0.717, 1.165) is 5.56 Å². The summed E-state index contributed by atoms with van der Waals surface area (Å²) in [6, 6.07) is 9.35. The predicted octanol–water partition coefficient (Wildman–Crippen LogP) is 1.59. The molecule has 1 aromatic carbocycles. The molecule has 1 aromatic rings. The minimum atomic E-state index is -0.950. The van der Waals surface area contributed by atoms with E-state index < -0.39 is 12.2 Å². The lowest BCUT2D eigenvalue weighted by Crippen LogP contribution is -2.40. The molecule has 17 heavy (non-hydrogen) atoms. The molecule has 2 rings (SSSR count). The van der Waals surface area contributed by atoms with Crippen molar-refractivity contribution in [3.8, 4) is 0 Å². The van der Waals surface area contributed by atoms with E-state index in [2.05, 4.69) is 0 Å². The van der Waals surface area contributed by atoms with Gasteiger partial charge in [-0.3, -0.25) is 0 Å². The van der Waals surface area contributed by atoms with E-state index >= 15 is 0 Å².